The lowest BCUT2D eigenvalue weighted by atomic mass is 10.2. The molecule has 0 spiro atoms. The highest BCUT2D eigenvalue weighted by molar-refractivity contribution is 7.80. The van der Waals surface area contributed by atoms with E-state index in [2.05, 4.69) is 20.6 Å². The lowest BCUT2D eigenvalue weighted by Crippen LogP contribution is -2.24. The molecule has 0 amide bonds. The number of anilines is 1. The second-order valence-corrected chi connectivity index (χ2v) is 4.66. The number of ether oxygens (including phenoxy) is 1. The van der Waals surface area contributed by atoms with Crippen molar-refractivity contribution in [3.8, 4) is 5.75 Å². The number of hydrogen-bond acceptors (Lipinski definition) is 3. The summed E-state index contributed by atoms with van der Waals surface area (Å²) in [7, 11) is 0. The third-order valence-corrected chi connectivity index (χ3v) is 2.80. The van der Waals surface area contributed by atoms with Gasteiger partial charge < -0.3 is 10.1 Å². The number of nitrogens with zero attached hydrogens (tertiary/aromatic N) is 1. The summed E-state index contributed by atoms with van der Waals surface area (Å²) >= 11 is 4.97. The molecule has 0 aliphatic rings. The first-order chi connectivity index (χ1) is 11.0. The molecule has 0 aromatic heterocycles. The van der Waals surface area contributed by atoms with Crippen molar-refractivity contribution in [3.63, 3.8) is 0 Å². The van der Waals surface area contributed by atoms with Crippen molar-refractivity contribution in [1.29, 1.82) is 0 Å². The fourth-order valence-corrected chi connectivity index (χ4v) is 1.78. The summed E-state index contributed by atoms with van der Waals surface area (Å²) in [6.07, 6.45) is 1.43. The fourth-order valence-electron chi connectivity index (χ4n) is 1.61. The number of thiocarbonyl (C=S) groups is 1. The average molecular weight is 339 g/mol. The molecule has 0 heterocycles. The van der Waals surface area contributed by atoms with E-state index in [4.69, 9.17) is 12.2 Å². The Hall–Kier alpha value is -2.61. The summed E-state index contributed by atoms with van der Waals surface area (Å²) < 4.78 is 41.7. The Morgan fingerprint density at radius 1 is 1.13 bits per heavy atom. The number of hydrazone groups is 1. The predicted molar refractivity (Wildman–Crippen MR) is 86.4 cm³/mol. The van der Waals surface area contributed by atoms with Crippen LogP contribution >= 0.6 is 12.2 Å². The van der Waals surface area contributed by atoms with Crippen LogP contribution in [0.25, 0.3) is 0 Å². The van der Waals surface area contributed by atoms with Crippen molar-refractivity contribution in [1.82, 2.24) is 5.43 Å². The van der Waals surface area contributed by atoms with E-state index in [1.165, 1.54) is 30.5 Å². The first-order valence-electron chi connectivity index (χ1n) is 6.44. The van der Waals surface area contributed by atoms with Crippen LogP contribution in [0.5, 0.6) is 5.75 Å². The molecular weight excluding hydrogens is 327 g/mol. The Balaban J connectivity index is 1.86. The second-order valence-electron chi connectivity index (χ2n) is 4.25. The first kappa shape index (κ1) is 16.8. The summed E-state index contributed by atoms with van der Waals surface area (Å²) in [5.41, 5.74) is 3.40. The highest BCUT2D eigenvalue weighted by Gasteiger charge is 2.03. The zero-order chi connectivity index (χ0) is 16.7. The van der Waals surface area contributed by atoms with Gasteiger partial charge in [0.15, 0.2) is 5.11 Å². The van der Waals surface area contributed by atoms with Crippen LogP contribution < -0.4 is 15.5 Å². The maximum absolute atomic E-state index is 13.4. The Bertz CT molecular complexity index is 693. The van der Waals surface area contributed by atoms with E-state index >= 15 is 0 Å². The molecule has 0 saturated heterocycles. The summed E-state index contributed by atoms with van der Waals surface area (Å²) in [5, 5.41) is 6.64. The van der Waals surface area contributed by atoms with E-state index < -0.39 is 12.4 Å². The molecule has 2 rings (SSSR count). The second kappa shape index (κ2) is 8.14. The quantitative estimate of drug-likeness (QED) is 0.495. The Kier molecular flexibility index (Phi) is 5.93. The molecule has 0 aliphatic carbocycles. The predicted octanol–water partition coefficient (Wildman–Crippen LogP) is 3.75. The summed E-state index contributed by atoms with van der Waals surface area (Å²) in [4.78, 5) is 0. The molecule has 0 fully saturated rings. The van der Waals surface area contributed by atoms with Gasteiger partial charge in [-0.1, -0.05) is 12.1 Å². The van der Waals surface area contributed by atoms with E-state index in [-0.39, 0.29) is 16.5 Å². The van der Waals surface area contributed by atoms with Gasteiger partial charge in [-0.15, -0.1) is 0 Å². The molecule has 120 valence electrons. The van der Waals surface area contributed by atoms with Crippen molar-refractivity contribution in [2.45, 2.75) is 6.61 Å². The summed E-state index contributed by atoms with van der Waals surface area (Å²) in [5.74, 6) is -0.378. The molecule has 2 aromatic carbocycles. The lowest BCUT2D eigenvalue weighted by Gasteiger charge is -2.07. The van der Waals surface area contributed by atoms with E-state index in [1.807, 2.05) is 0 Å². The van der Waals surface area contributed by atoms with Gasteiger partial charge >= 0.3 is 6.61 Å². The van der Waals surface area contributed by atoms with E-state index in [0.29, 0.717) is 5.56 Å². The number of hydrogen-bond donors (Lipinski definition) is 2. The molecule has 0 radical (unpaired) electrons. The molecule has 8 heteroatoms. The van der Waals surface area contributed by atoms with Crippen molar-refractivity contribution in [2.75, 3.05) is 5.32 Å². The van der Waals surface area contributed by atoms with E-state index in [0.717, 1.165) is 0 Å². The molecule has 0 bridgehead atoms. The van der Waals surface area contributed by atoms with Crippen LogP contribution in [0, 0.1) is 5.82 Å². The molecule has 4 nitrogen and oxygen atoms in total. The van der Waals surface area contributed by atoms with Crippen molar-refractivity contribution < 1.29 is 17.9 Å². The fraction of sp³-hybridized carbons (Fsp3) is 0.0667. The Morgan fingerprint density at radius 3 is 2.48 bits per heavy atom. The standard InChI is InChI=1S/C15H12F3N3OS/c16-12-3-1-2-4-13(12)20-15(23)21-19-9-10-5-7-11(8-6-10)22-14(17)18/h1-9,14H,(H2,20,21,23)/b19-9-. The van der Waals surface area contributed by atoms with Gasteiger partial charge in [-0.3, -0.25) is 5.43 Å². The number of para-hydroxylation sites is 1. The first-order valence-corrected chi connectivity index (χ1v) is 6.85. The maximum atomic E-state index is 13.4. The highest BCUT2D eigenvalue weighted by Crippen LogP contribution is 2.14. The zero-order valence-electron chi connectivity index (χ0n) is 11.7. The van der Waals surface area contributed by atoms with Crippen molar-refractivity contribution in [2.24, 2.45) is 5.10 Å². The van der Waals surface area contributed by atoms with Gasteiger partial charge in [0.2, 0.25) is 0 Å². The third kappa shape index (κ3) is 5.59. The topological polar surface area (TPSA) is 45.7 Å². The largest absolute Gasteiger partial charge is 0.435 e. The van der Waals surface area contributed by atoms with E-state index in [9.17, 15) is 13.2 Å². The minimum Gasteiger partial charge on any atom is -0.435 e. The van der Waals surface area contributed by atoms with Gasteiger partial charge in [-0.25, -0.2) is 4.39 Å². The van der Waals surface area contributed by atoms with Crippen LogP contribution in [-0.4, -0.2) is 17.9 Å². The number of alkyl halides is 2. The minimum atomic E-state index is -2.86. The van der Waals surface area contributed by atoms with Gasteiger partial charge in [-0.2, -0.15) is 13.9 Å². The van der Waals surface area contributed by atoms with E-state index in [1.54, 1.807) is 24.3 Å². The molecule has 0 atom stereocenters. The van der Waals surface area contributed by atoms with Crippen LogP contribution in [0.3, 0.4) is 0 Å². The van der Waals surface area contributed by atoms with Gasteiger partial charge in [-0.05, 0) is 54.2 Å². The van der Waals surface area contributed by atoms with Crippen LogP contribution in [-0.2, 0) is 0 Å². The third-order valence-electron chi connectivity index (χ3n) is 2.61. The average Bonchev–Trinajstić information content (AvgIpc) is 2.51. The maximum Gasteiger partial charge on any atom is 0.387 e. The van der Waals surface area contributed by atoms with Crippen LogP contribution in [0.1, 0.15) is 5.56 Å². The zero-order valence-corrected chi connectivity index (χ0v) is 12.5. The highest BCUT2D eigenvalue weighted by atomic mass is 32.1. The van der Waals surface area contributed by atoms with Crippen molar-refractivity contribution >= 4 is 29.2 Å². The Morgan fingerprint density at radius 2 is 1.83 bits per heavy atom. The summed E-state index contributed by atoms with van der Waals surface area (Å²) in [6, 6.07) is 12.0. The molecule has 23 heavy (non-hydrogen) atoms. The SMILES string of the molecule is Fc1ccccc1NC(=S)N/N=C\c1ccc(OC(F)F)cc1. The van der Waals surface area contributed by atoms with Crippen molar-refractivity contribution in [3.05, 3.63) is 59.9 Å². The monoisotopic (exact) mass is 339 g/mol. The molecule has 0 aliphatic heterocycles. The smallest absolute Gasteiger partial charge is 0.387 e. The normalized spacial score (nSPS) is 10.8. The van der Waals surface area contributed by atoms with Crippen LogP contribution in [0.4, 0.5) is 18.9 Å². The number of nitrogens with one attached hydrogen (secondary N) is 2. The minimum absolute atomic E-state index is 0.0573. The van der Waals surface area contributed by atoms with Gasteiger partial charge in [0.1, 0.15) is 11.6 Å². The molecule has 2 aromatic rings. The van der Waals surface area contributed by atoms with Crippen LogP contribution in [0.2, 0.25) is 0 Å². The summed E-state index contributed by atoms with van der Waals surface area (Å²) in [6.45, 7) is -2.86. The Labute approximate surface area is 136 Å². The van der Waals surface area contributed by atoms with Gasteiger partial charge in [0.05, 0.1) is 11.9 Å². The van der Waals surface area contributed by atoms with Gasteiger partial charge in [0, 0.05) is 0 Å². The lowest BCUT2D eigenvalue weighted by molar-refractivity contribution is -0.0498. The molecular formula is C15H12F3N3OS. The molecule has 0 unspecified atom stereocenters. The number of rotatable bonds is 5. The molecule has 2 N–H and O–H groups in total. The molecule has 0 saturated carbocycles. The van der Waals surface area contributed by atoms with Crippen LogP contribution in [0.15, 0.2) is 53.6 Å². The number of halogens is 3. The number of benzene rings is 2. The van der Waals surface area contributed by atoms with Gasteiger partial charge in [0.25, 0.3) is 0 Å².